The topological polar surface area (TPSA) is 30.9 Å². The zero-order valence-electron chi connectivity index (χ0n) is 11.7. The summed E-state index contributed by atoms with van der Waals surface area (Å²) in [6, 6.07) is 23.0. The number of aromatic nitrogens is 1. The predicted octanol–water partition coefficient (Wildman–Crippen LogP) is 5.55. The summed E-state index contributed by atoms with van der Waals surface area (Å²) in [6.07, 6.45) is 0. The first kappa shape index (κ1) is 14.9. The van der Waals surface area contributed by atoms with Crippen molar-refractivity contribution in [2.75, 3.05) is 5.73 Å². The fourth-order valence-electron chi connectivity index (χ4n) is 2.86. The van der Waals surface area contributed by atoms with Crippen LogP contribution in [0.25, 0.3) is 27.5 Å². The second-order valence-electron chi connectivity index (χ2n) is 5.08. The second kappa shape index (κ2) is 5.67. The molecule has 0 unspecified atom stereocenters. The van der Waals surface area contributed by atoms with Gasteiger partial charge in [-0.2, -0.15) is 0 Å². The smallest absolute Gasteiger partial charge is 0.0553 e. The standard InChI is InChI=1S/C18H13BrN2.ClH/c19-15-11-18-14(10-16(15)20)13-8-4-5-9-17(13)21(18)12-6-2-1-3-7-12;/h1-11H,20H2;1H. The molecule has 1 aromatic heterocycles. The van der Waals surface area contributed by atoms with E-state index in [0.29, 0.717) is 0 Å². The Morgan fingerprint density at radius 3 is 2.23 bits per heavy atom. The number of para-hydroxylation sites is 2. The van der Waals surface area contributed by atoms with E-state index in [1.165, 1.54) is 16.3 Å². The first-order chi connectivity index (χ1) is 10.3. The van der Waals surface area contributed by atoms with Crippen LogP contribution in [0.1, 0.15) is 0 Å². The molecule has 2 N–H and O–H groups in total. The predicted molar refractivity (Wildman–Crippen MR) is 100 cm³/mol. The Labute approximate surface area is 143 Å². The lowest BCUT2D eigenvalue weighted by molar-refractivity contribution is 1.18. The Morgan fingerprint density at radius 1 is 0.773 bits per heavy atom. The number of rotatable bonds is 1. The third-order valence-corrected chi connectivity index (χ3v) is 4.49. The van der Waals surface area contributed by atoms with Gasteiger partial charge in [-0.15, -0.1) is 12.4 Å². The zero-order valence-corrected chi connectivity index (χ0v) is 14.1. The SMILES string of the molecule is Cl.Nc1cc2c3ccccc3n(-c3ccccc3)c2cc1Br. The van der Waals surface area contributed by atoms with Gasteiger partial charge in [0.1, 0.15) is 0 Å². The van der Waals surface area contributed by atoms with Gasteiger partial charge in [0.05, 0.1) is 11.0 Å². The molecule has 1 heterocycles. The molecule has 4 rings (SSSR count). The van der Waals surface area contributed by atoms with E-state index in [1.54, 1.807) is 0 Å². The summed E-state index contributed by atoms with van der Waals surface area (Å²) in [5, 5.41) is 2.39. The van der Waals surface area contributed by atoms with Crippen LogP contribution in [-0.2, 0) is 0 Å². The van der Waals surface area contributed by atoms with Gasteiger partial charge in [-0.05, 0) is 46.3 Å². The van der Waals surface area contributed by atoms with Crippen LogP contribution < -0.4 is 5.73 Å². The minimum Gasteiger partial charge on any atom is -0.398 e. The summed E-state index contributed by atoms with van der Waals surface area (Å²) >= 11 is 3.54. The number of anilines is 1. The number of hydrogen-bond donors (Lipinski definition) is 1. The number of nitrogen functional groups attached to an aromatic ring is 1. The molecule has 0 saturated heterocycles. The Bertz CT molecular complexity index is 961. The molecule has 0 amide bonds. The maximum absolute atomic E-state index is 6.07. The van der Waals surface area contributed by atoms with Crippen molar-refractivity contribution in [1.29, 1.82) is 0 Å². The highest BCUT2D eigenvalue weighted by molar-refractivity contribution is 9.10. The Kier molecular flexibility index (Phi) is 3.85. The van der Waals surface area contributed by atoms with Crippen LogP contribution in [0.4, 0.5) is 5.69 Å². The molecule has 3 aromatic carbocycles. The highest BCUT2D eigenvalue weighted by atomic mass is 79.9. The number of hydrogen-bond acceptors (Lipinski definition) is 1. The number of halogens is 2. The van der Waals surface area contributed by atoms with Crippen LogP contribution in [-0.4, -0.2) is 4.57 Å². The van der Waals surface area contributed by atoms with Gasteiger partial charge in [0.25, 0.3) is 0 Å². The van der Waals surface area contributed by atoms with Crippen LogP contribution in [0.15, 0.2) is 71.2 Å². The summed E-state index contributed by atoms with van der Waals surface area (Å²) in [5.41, 5.74) is 10.3. The number of nitrogens with zero attached hydrogens (tertiary/aromatic N) is 1. The van der Waals surface area contributed by atoms with Gasteiger partial charge in [0.15, 0.2) is 0 Å². The van der Waals surface area contributed by atoms with Crippen molar-refractivity contribution in [3.05, 3.63) is 71.2 Å². The normalized spacial score (nSPS) is 10.8. The van der Waals surface area contributed by atoms with Gasteiger partial charge in [0, 0.05) is 26.6 Å². The maximum atomic E-state index is 6.07. The third kappa shape index (κ3) is 2.18. The Balaban J connectivity index is 0.00000144. The molecule has 0 aliphatic carbocycles. The van der Waals surface area contributed by atoms with E-state index in [2.05, 4.69) is 75.1 Å². The molecule has 0 bridgehead atoms. The van der Waals surface area contributed by atoms with Crippen LogP contribution in [0.2, 0.25) is 0 Å². The molecule has 0 aliphatic rings. The summed E-state index contributed by atoms with van der Waals surface area (Å²) < 4.78 is 3.20. The molecule has 4 aromatic rings. The molecule has 0 saturated carbocycles. The van der Waals surface area contributed by atoms with E-state index in [4.69, 9.17) is 5.73 Å². The summed E-state index contributed by atoms with van der Waals surface area (Å²) in [5.74, 6) is 0. The van der Waals surface area contributed by atoms with E-state index in [9.17, 15) is 0 Å². The van der Waals surface area contributed by atoms with E-state index in [-0.39, 0.29) is 12.4 Å². The van der Waals surface area contributed by atoms with Crippen molar-refractivity contribution in [3.8, 4) is 5.69 Å². The average molecular weight is 374 g/mol. The van der Waals surface area contributed by atoms with Gasteiger partial charge in [0.2, 0.25) is 0 Å². The lowest BCUT2D eigenvalue weighted by Crippen LogP contribution is -1.93. The van der Waals surface area contributed by atoms with Crippen LogP contribution >= 0.6 is 28.3 Å². The molecule has 110 valence electrons. The largest absolute Gasteiger partial charge is 0.398 e. The lowest BCUT2D eigenvalue weighted by Gasteiger charge is -2.08. The van der Waals surface area contributed by atoms with Crippen LogP contribution in [0, 0.1) is 0 Å². The number of benzene rings is 3. The quantitative estimate of drug-likeness (QED) is 0.436. The molecule has 0 fully saturated rings. The van der Waals surface area contributed by atoms with E-state index < -0.39 is 0 Å². The van der Waals surface area contributed by atoms with Crippen LogP contribution in [0.5, 0.6) is 0 Å². The van der Waals surface area contributed by atoms with Crippen molar-refractivity contribution >= 4 is 55.8 Å². The average Bonchev–Trinajstić information content (AvgIpc) is 2.82. The van der Waals surface area contributed by atoms with E-state index in [0.717, 1.165) is 21.4 Å². The molecular weight excluding hydrogens is 360 g/mol. The molecule has 0 atom stereocenters. The van der Waals surface area contributed by atoms with Crippen LogP contribution in [0.3, 0.4) is 0 Å². The first-order valence-corrected chi connectivity index (χ1v) is 7.58. The highest BCUT2D eigenvalue weighted by Crippen LogP contribution is 2.35. The van der Waals surface area contributed by atoms with Crippen molar-refractivity contribution in [3.63, 3.8) is 0 Å². The number of fused-ring (bicyclic) bond motifs is 3. The van der Waals surface area contributed by atoms with Gasteiger partial charge in [-0.3, -0.25) is 0 Å². The minimum absolute atomic E-state index is 0. The molecule has 0 aliphatic heterocycles. The molecule has 0 radical (unpaired) electrons. The Hall–Kier alpha value is -1.97. The fraction of sp³-hybridized carbons (Fsp3) is 0. The second-order valence-corrected chi connectivity index (χ2v) is 5.93. The molecule has 2 nitrogen and oxygen atoms in total. The maximum Gasteiger partial charge on any atom is 0.0553 e. The van der Waals surface area contributed by atoms with Crippen molar-refractivity contribution in [1.82, 2.24) is 4.57 Å². The van der Waals surface area contributed by atoms with Gasteiger partial charge >= 0.3 is 0 Å². The van der Waals surface area contributed by atoms with Crippen molar-refractivity contribution in [2.45, 2.75) is 0 Å². The first-order valence-electron chi connectivity index (χ1n) is 6.79. The number of nitrogens with two attached hydrogens (primary N) is 1. The van der Waals surface area contributed by atoms with E-state index >= 15 is 0 Å². The molecule has 4 heteroatoms. The third-order valence-electron chi connectivity index (χ3n) is 3.81. The van der Waals surface area contributed by atoms with E-state index in [1.807, 2.05) is 12.1 Å². The summed E-state index contributed by atoms with van der Waals surface area (Å²) in [6.45, 7) is 0. The molecular formula is C18H14BrClN2. The monoisotopic (exact) mass is 372 g/mol. The Morgan fingerprint density at radius 2 is 1.45 bits per heavy atom. The molecule has 22 heavy (non-hydrogen) atoms. The van der Waals surface area contributed by atoms with Crippen molar-refractivity contribution < 1.29 is 0 Å². The van der Waals surface area contributed by atoms with Gasteiger partial charge < -0.3 is 10.3 Å². The zero-order chi connectivity index (χ0) is 14.4. The highest BCUT2D eigenvalue weighted by Gasteiger charge is 2.13. The van der Waals surface area contributed by atoms with Gasteiger partial charge in [-0.1, -0.05) is 36.4 Å². The van der Waals surface area contributed by atoms with Crippen molar-refractivity contribution in [2.24, 2.45) is 0 Å². The summed E-state index contributed by atoms with van der Waals surface area (Å²) in [4.78, 5) is 0. The fourth-order valence-corrected chi connectivity index (χ4v) is 3.19. The van der Waals surface area contributed by atoms with Gasteiger partial charge in [-0.25, -0.2) is 0 Å². The lowest BCUT2D eigenvalue weighted by atomic mass is 10.1. The molecule has 0 spiro atoms. The summed E-state index contributed by atoms with van der Waals surface area (Å²) in [7, 11) is 0. The minimum atomic E-state index is 0.